The number of halogens is 2. The number of rotatable bonds is 0. The first-order valence-electron chi connectivity index (χ1n) is 4.83. The van der Waals surface area contributed by atoms with Crippen LogP contribution in [0, 0.1) is 5.82 Å². The Bertz CT molecular complexity index is 419. The zero-order valence-corrected chi connectivity index (χ0v) is 9.68. The lowest BCUT2D eigenvalue weighted by Crippen LogP contribution is -2.30. The molecule has 2 N–H and O–H groups in total. The second kappa shape index (κ2) is 4.02. The first-order chi connectivity index (χ1) is 7.08. The summed E-state index contributed by atoms with van der Waals surface area (Å²) in [6.07, 6.45) is 1.32. The van der Waals surface area contributed by atoms with Crippen LogP contribution in [-0.2, 0) is 17.6 Å². The van der Waals surface area contributed by atoms with Crippen molar-refractivity contribution < 1.29 is 9.18 Å². The minimum absolute atomic E-state index is 0.00810. The van der Waals surface area contributed by atoms with Crippen LogP contribution in [0.4, 0.5) is 4.39 Å². The highest BCUT2D eigenvalue weighted by Crippen LogP contribution is 2.25. The van der Waals surface area contributed by atoms with Gasteiger partial charge in [-0.1, -0.05) is 15.9 Å². The summed E-state index contributed by atoms with van der Waals surface area (Å²) in [6, 6.07) is 2.78. The lowest BCUT2D eigenvalue weighted by molar-refractivity contribution is -0.119. The lowest BCUT2D eigenvalue weighted by atomic mass is 10.0. The van der Waals surface area contributed by atoms with Crippen molar-refractivity contribution in [1.29, 1.82) is 0 Å². The van der Waals surface area contributed by atoms with Crippen molar-refractivity contribution in [1.82, 2.24) is 0 Å². The van der Waals surface area contributed by atoms with Crippen molar-refractivity contribution in [2.24, 2.45) is 5.73 Å². The molecule has 0 unspecified atom stereocenters. The highest BCUT2D eigenvalue weighted by Gasteiger charge is 2.22. The standard InChI is InChI=1S/C11H11BrFNO/c12-7-3-6-4-11(15)10(14)2-1-8(6)9(13)5-7/h3,5,10H,1-2,4,14H2/t10-/m0/s1. The molecule has 2 rings (SSSR count). The Morgan fingerprint density at radius 1 is 1.47 bits per heavy atom. The summed E-state index contributed by atoms with van der Waals surface area (Å²) >= 11 is 3.22. The molecule has 15 heavy (non-hydrogen) atoms. The average Bonchev–Trinajstić information content (AvgIpc) is 2.27. The van der Waals surface area contributed by atoms with Crippen LogP contribution in [0.2, 0.25) is 0 Å². The second-order valence-corrected chi connectivity index (χ2v) is 4.73. The van der Waals surface area contributed by atoms with E-state index in [1.807, 2.05) is 0 Å². The Kier molecular flexibility index (Phi) is 2.89. The van der Waals surface area contributed by atoms with Gasteiger partial charge in [0.1, 0.15) is 5.82 Å². The zero-order chi connectivity index (χ0) is 11.0. The van der Waals surface area contributed by atoms with Gasteiger partial charge in [0, 0.05) is 10.9 Å². The van der Waals surface area contributed by atoms with Crippen molar-refractivity contribution in [3.8, 4) is 0 Å². The predicted octanol–water partition coefficient (Wildman–Crippen LogP) is 1.97. The van der Waals surface area contributed by atoms with E-state index in [0.29, 0.717) is 22.9 Å². The summed E-state index contributed by atoms with van der Waals surface area (Å²) in [5, 5.41) is 0. The van der Waals surface area contributed by atoms with Gasteiger partial charge in [-0.25, -0.2) is 4.39 Å². The molecule has 0 heterocycles. The molecule has 1 aliphatic carbocycles. The molecule has 0 radical (unpaired) electrons. The quantitative estimate of drug-likeness (QED) is 0.734. The number of Topliss-reactive ketones (excluding diaryl/α,β-unsaturated/α-hetero) is 1. The SMILES string of the molecule is N[C@H]1CCc2c(F)cc(Br)cc2CC1=O. The monoisotopic (exact) mass is 271 g/mol. The van der Waals surface area contributed by atoms with Gasteiger partial charge in [-0.2, -0.15) is 0 Å². The van der Waals surface area contributed by atoms with Crippen molar-refractivity contribution in [2.75, 3.05) is 0 Å². The molecule has 0 saturated carbocycles. The van der Waals surface area contributed by atoms with E-state index < -0.39 is 6.04 Å². The summed E-state index contributed by atoms with van der Waals surface area (Å²) in [5.41, 5.74) is 7.06. The van der Waals surface area contributed by atoms with E-state index in [-0.39, 0.29) is 18.0 Å². The smallest absolute Gasteiger partial charge is 0.153 e. The van der Waals surface area contributed by atoms with Gasteiger partial charge in [0.25, 0.3) is 0 Å². The normalized spacial score (nSPS) is 21.0. The molecular weight excluding hydrogens is 261 g/mol. The lowest BCUT2D eigenvalue weighted by Gasteiger charge is -2.06. The number of carbonyl (C=O) groups is 1. The number of ketones is 1. The molecule has 0 spiro atoms. The van der Waals surface area contributed by atoms with E-state index in [0.717, 1.165) is 5.56 Å². The van der Waals surface area contributed by atoms with E-state index in [2.05, 4.69) is 15.9 Å². The fourth-order valence-electron chi connectivity index (χ4n) is 1.87. The van der Waals surface area contributed by atoms with Crippen LogP contribution in [0.1, 0.15) is 17.5 Å². The van der Waals surface area contributed by atoms with Gasteiger partial charge in [0.2, 0.25) is 0 Å². The molecule has 0 saturated heterocycles. The Labute approximate surface area is 95.8 Å². The van der Waals surface area contributed by atoms with Crippen LogP contribution in [0.3, 0.4) is 0 Å². The number of carbonyl (C=O) groups excluding carboxylic acids is 1. The molecule has 2 nitrogen and oxygen atoms in total. The van der Waals surface area contributed by atoms with Gasteiger partial charge in [-0.3, -0.25) is 4.79 Å². The minimum atomic E-state index is -0.449. The first-order valence-corrected chi connectivity index (χ1v) is 5.62. The molecule has 80 valence electrons. The topological polar surface area (TPSA) is 43.1 Å². The molecule has 1 atom stereocenters. The van der Waals surface area contributed by atoms with Gasteiger partial charge in [0.15, 0.2) is 5.78 Å². The molecule has 0 aromatic heterocycles. The Morgan fingerprint density at radius 2 is 2.20 bits per heavy atom. The predicted molar refractivity (Wildman–Crippen MR) is 59.1 cm³/mol. The summed E-state index contributed by atoms with van der Waals surface area (Å²) in [6.45, 7) is 0. The summed E-state index contributed by atoms with van der Waals surface area (Å²) in [7, 11) is 0. The third-order valence-corrected chi connectivity index (χ3v) is 3.19. The number of nitrogens with two attached hydrogens (primary N) is 1. The van der Waals surface area contributed by atoms with Crippen LogP contribution in [0.25, 0.3) is 0 Å². The van der Waals surface area contributed by atoms with Crippen LogP contribution in [0.5, 0.6) is 0 Å². The summed E-state index contributed by atoms with van der Waals surface area (Å²) in [4.78, 5) is 11.5. The second-order valence-electron chi connectivity index (χ2n) is 3.81. The Hall–Kier alpha value is -0.740. The van der Waals surface area contributed by atoms with E-state index in [4.69, 9.17) is 5.73 Å². The molecule has 1 aromatic rings. The van der Waals surface area contributed by atoms with E-state index in [1.54, 1.807) is 6.07 Å². The summed E-state index contributed by atoms with van der Waals surface area (Å²) < 4.78 is 14.3. The Morgan fingerprint density at radius 3 is 2.93 bits per heavy atom. The third-order valence-electron chi connectivity index (χ3n) is 2.74. The molecule has 1 aromatic carbocycles. The van der Waals surface area contributed by atoms with E-state index in [1.165, 1.54) is 6.07 Å². The van der Waals surface area contributed by atoms with Gasteiger partial charge in [-0.05, 0) is 36.1 Å². The molecular formula is C11H11BrFNO. The van der Waals surface area contributed by atoms with Crippen LogP contribution in [0.15, 0.2) is 16.6 Å². The highest BCUT2D eigenvalue weighted by molar-refractivity contribution is 9.10. The van der Waals surface area contributed by atoms with Gasteiger partial charge in [-0.15, -0.1) is 0 Å². The first kappa shape index (κ1) is 10.8. The largest absolute Gasteiger partial charge is 0.321 e. The van der Waals surface area contributed by atoms with Gasteiger partial charge in [0.05, 0.1) is 6.04 Å². The van der Waals surface area contributed by atoms with Crippen molar-refractivity contribution in [2.45, 2.75) is 25.3 Å². The number of fused-ring (bicyclic) bond motifs is 1. The van der Waals surface area contributed by atoms with Crippen molar-refractivity contribution >= 4 is 21.7 Å². The molecule has 4 heteroatoms. The number of hydrogen-bond acceptors (Lipinski definition) is 2. The summed E-state index contributed by atoms with van der Waals surface area (Å²) in [5.74, 6) is -0.257. The molecule has 1 aliphatic rings. The van der Waals surface area contributed by atoms with E-state index in [9.17, 15) is 9.18 Å². The fourth-order valence-corrected chi connectivity index (χ4v) is 2.35. The fraction of sp³-hybridized carbons (Fsp3) is 0.364. The minimum Gasteiger partial charge on any atom is -0.321 e. The molecule has 0 fully saturated rings. The zero-order valence-electron chi connectivity index (χ0n) is 8.09. The van der Waals surface area contributed by atoms with Crippen LogP contribution >= 0.6 is 15.9 Å². The van der Waals surface area contributed by atoms with E-state index >= 15 is 0 Å². The third kappa shape index (κ3) is 2.11. The maximum atomic E-state index is 13.6. The van der Waals surface area contributed by atoms with Gasteiger partial charge < -0.3 is 5.73 Å². The highest BCUT2D eigenvalue weighted by atomic mass is 79.9. The van der Waals surface area contributed by atoms with Crippen molar-refractivity contribution in [3.63, 3.8) is 0 Å². The maximum Gasteiger partial charge on any atom is 0.153 e. The number of hydrogen-bond donors (Lipinski definition) is 1. The molecule has 0 bridgehead atoms. The van der Waals surface area contributed by atoms with Gasteiger partial charge >= 0.3 is 0 Å². The molecule has 0 aliphatic heterocycles. The van der Waals surface area contributed by atoms with Crippen molar-refractivity contribution in [3.05, 3.63) is 33.5 Å². The Balaban J connectivity index is 2.47. The van der Waals surface area contributed by atoms with Crippen LogP contribution in [-0.4, -0.2) is 11.8 Å². The molecule has 0 amide bonds. The van der Waals surface area contributed by atoms with Crippen LogP contribution < -0.4 is 5.73 Å². The maximum absolute atomic E-state index is 13.6. The average molecular weight is 272 g/mol. The number of benzene rings is 1.